The predicted octanol–water partition coefficient (Wildman–Crippen LogP) is 2.36. The van der Waals surface area contributed by atoms with E-state index in [0.29, 0.717) is 0 Å². The van der Waals surface area contributed by atoms with Crippen LogP contribution in [0.5, 0.6) is 0 Å². The maximum Gasteiger partial charge on any atom is 0.0686 e. The molecule has 0 unspecified atom stereocenters. The van der Waals surface area contributed by atoms with Gasteiger partial charge in [-0.05, 0) is 42.5 Å². The van der Waals surface area contributed by atoms with Crippen LogP contribution in [0.1, 0.15) is 29.2 Å². The number of rotatable bonds is 2. The average Bonchev–Trinajstić information content (AvgIpc) is 2.03. The summed E-state index contributed by atoms with van der Waals surface area (Å²) in [7, 11) is 0. The van der Waals surface area contributed by atoms with E-state index in [9.17, 15) is 0 Å². The summed E-state index contributed by atoms with van der Waals surface area (Å²) in [5, 5.41) is 9.06. The number of aryl methyl sites for hydroxylation is 3. The molecule has 1 nitrogen and oxygen atoms in total. The van der Waals surface area contributed by atoms with Crippen molar-refractivity contribution in [3.05, 3.63) is 34.4 Å². The van der Waals surface area contributed by atoms with Crippen molar-refractivity contribution in [2.45, 2.75) is 33.8 Å². The first-order valence-electron chi connectivity index (χ1n) is 4.39. The molecule has 1 aromatic rings. The molecular formula is C11H16O. The van der Waals surface area contributed by atoms with Gasteiger partial charge in [0.15, 0.2) is 0 Å². The van der Waals surface area contributed by atoms with Gasteiger partial charge in [-0.3, -0.25) is 0 Å². The van der Waals surface area contributed by atoms with Gasteiger partial charge in [-0.15, -0.1) is 0 Å². The van der Waals surface area contributed by atoms with E-state index in [-0.39, 0.29) is 6.61 Å². The van der Waals surface area contributed by atoms with Crippen LogP contribution in [0.3, 0.4) is 0 Å². The number of aliphatic hydroxyl groups excluding tert-OH is 1. The Balaban J connectivity index is 3.18. The fourth-order valence-corrected chi connectivity index (χ4v) is 1.54. The van der Waals surface area contributed by atoms with Crippen molar-refractivity contribution in [3.8, 4) is 0 Å². The lowest BCUT2D eigenvalue weighted by atomic mass is 9.99. The highest BCUT2D eigenvalue weighted by atomic mass is 16.3. The Morgan fingerprint density at radius 2 is 1.67 bits per heavy atom. The summed E-state index contributed by atoms with van der Waals surface area (Å²) in [6.07, 6.45) is 1.06. The van der Waals surface area contributed by atoms with E-state index in [1.54, 1.807) is 0 Å². The second-order valence-electron chi connectivity index (χ2n) is 3.22. The quantitative estimate of drug-likeness (QED) is 0.711. The molecule has 0 bridgehead atoms. The minimum Gasteiger partial charge on any atom is -0.392 e. The molecule has 1 N–H and O–H groups in total. The normalized spacial score (nSPS) is 10.3. The zero-order valence-corrected chi connectivity index (χ0v) is 8.02. The van der Waals surface area contributed by atoms with E-state index in [1.165, 1.54) is 16.7 Å². The summed E-state index contributed by atoms with van der Waals surface area (Å²) in [5.74, 6) is 0. The molecule has 0 saturated carbocycles. The summed E-state index contributed by atoms with van der Waals surface area (Å²) in [5.41, 5.74) is 4.83. The number of hydrogen-bond acceptors (Lipinski definition) is 1. The summed E-state index contributed by atoms with van der Waals surface area (Å²) < 4.78 is 0. The average molecular weight is 164 g/mol. The third-order valence-corrected chi connectivity index (χ3v) is 2.32. The van der Waals surface area contributed by atoms with E-state index in [0.717, 1.165) is 12.0 Å². The lowest BCUT2D eigenvalue weighted by Crippen LogP contribution is -1.95. The van der Waals surface area contributed by atoms with Crippen LogP contribution >= 0.6 is 0 Å². The van der Waals surface area contributed by atoms with Crippen LogP contribution in [0.4, 0.5) is 0 Å². The Morgan fingerprint density at radius 1 is 1.17 bits per heavy atom. The van der Waals surface area contributed by atoms with Crippen LogP contribution < -0.4 is 0 Å². The van der Waals surface area contributed by atoms with Crippen LogP contribution in [0.25, 0.3) is 0 Å². The van der Waals surface area contributed by atoms with Crippen LogP contribution in [0.2, 0.25) is 0 Å². The molecule has 0 aliphatic heterocycles. The van der Waals surface area contributed by atoms with E-state index in [4.69, 9.17) is 5.11 Å². The lowest BCUT2D eigenvalue weighted by molar-refractivity contribution is 0.280. The molecule has 12 heavy (non-hydrogen) atoms. The molecule has 0 atom stereocenters. The first kappa shape index (κ1) is 9.27. The monoisotopic (exact) mass is 164 g/mol. The van der Waals surface area contributed by atoms with Crippen molar-refractivity contribution in [3.63, 3.8) is 0 Å². The van der Waals surface area contributed by atoms with Gasteiger partial charge in [0.2, 0.25) is 0 Å². The van der Waals surface area contributed by atoms with Gasteiger partial charge in [0.1, 0.15) is 0 Å². The van der Waals surface area contributed by atoms with Crippen molar-refractivity contribution in [1.82, 2.24) is 0 Å². The zero-order chi connectivity index (χ0) is 9.14. The summed E-state index contributed by atoms with van der Waals surface area (Å²) in [4.78, 5) is 0. The lowest BCUT2D eigenvalue weighted by Gasteiger charge is -2.08. The van der Waals surface area contributed by atoms with Crippen molar-refractivity contribution < 1.29 is 5.11 Å². The number of hydrogen-bond donors (Lipinski definition) is 1. The van der Waals surface area contributed by atoms with E-state index < -0.39 is 0 Å². The van der Waals surface area contributed by atoms with Gasteiger partial charge in [0.25, 0.3) is 0 Å². The minimum atomic E-state index is 0.154. The third kappa shape index (κ3) is 1.67. The fourth-order valence-electron chi connectivity index (χ4n) is 1.54. The highest BCUT2D eigenvalue weighted by molar-refractivity contribution is 5.37. The maximum atomic E-state index is 9.06. The summed E-state index contributed by atoms with van der Waals surface area (Å²) in [6, 6.07) is 4.30. The Hall–Kier alpha value is -0.820. The zero-order valence-electron chi connectivity index (χ0n) is 8.02. The number of aliphatic hydroxyl groups is 1. The molecule has 1 heteroatoms. The van der Waals surface area contributed by atoms with Crippen LogP contribution in [0, 0.1) is 13.8 Å². The highest BCUT2D eigenvalue weighted by Crippen LogP contribution is 2.16. The Bertz CT molecular complexity index is 253. The first-order valence-corrected chi connectivity index (χ1v) is 4.39. The number of benzene rings is 1. The second kappa shape index (κ2) is 3.72. The first-order chi connectivity index (χ1) is 5.69. The van der Waals surface area contributed by atoms with Crippen LogP contribution in [-0.4, -0.2) is 5.11 Å². The fraction of sp³-hybridized carbons (Fsp3) is 0.455. The molecule has 0 radical (unpaired) electrons. The standard InChI is InChI=1S/C11H16O/c1-4-10-5-8(2)11(7-12)9(3)6-10/h5-6,12H,4,7H2,1-3H3. The Labute approximate surface area is 74.1 Å². The third-order valence-electron chi connectivity index (χ3n) is 2.32. The van der Waals surface area contributed by atoms with Gasteiger partial charge in [0.05, 0.1) is 6.61 Å². The van der Waals surface area contributed by atoms with Crippen molar-refractivity contribution in [2.75, 3.05) is 0 Å². The molecule has 0 aliphatic rings. The highest BCUT2D eigenvalue weighted by Gasteiger charge is 2.02. The van der Waals surface area contributed by atoms with Gasteiger partial charge in [-0.1, -0.05) is 19.1 Å². The molecule has 0 aliphatic carbocycles. The molecule has 0 amide bonds. The molecular weight excluding hydrogens is 148 g/mol. The van der Waals surface area contributed by atoms with Crippen molar-refractivity contribution >= 4 is 0 Å². The van der Waals surface area contributed by atoms with Crippen LogP contribution in [0.15, 0.2) is 12.1 Å². The van der Waals surface area contributed by atoms with Gasteiger partial charge in [-0.2, -0.15) is 0 Å². The smallest absolute Gasteiger partial charge is 0.0686 e. The van der Waals surface area contributed by atoms with Crippen molar-refractivity contribution in [2.24, 2.45) is 0 Å². The minimum absolute atomic E-state index is 0.154. The SMILES string of the molecule is CCc1cc(C)c(CO)c(C)c1. The predicted molar refractivity (Wildman–Crippen MR) is 51.2 cm³/mol. The van der Waals surface area contributed by atoms with E-state index >= 15 is 0 Å². The molecule has 0 fully saturated rings. The van der Waals surface area contributed by atoms with Crippen molar-refractivity contribution in [1.29, 1.82) is 0 Å². The van der Waals surface area contributed by atoms with E-state index in [1.807, 2.05) is 0 Å². The van der Waals surface area contributed by atoms with Gasteiger partial charge in [0, 0.05) is 0 Å². The molecule has 0 aromatic heterocycles. The maximum absolute atomic E-state index is 9.06. The largest absolute Gasteiger partial charge is 0.392 e. The Morgan fingerprint density at radius 3 is 2.00 bits per heavy atom. The molecule has 0 spiro atoms. The molecule has 0 saturated heterocycles. The summed E-state index contributed by atoms with van der Waals surface area (Å²) >= 11 is 0. The van der Waals surface area contributed by atoms with Crippen LogP contribution in [-0.2, 0) is 13.0 Å². The second-order valence-corrected chi connectivity index (χ2v) is 3.22. The Kier molecular flexibility index (Phi) is 2.88. The van der Waals surface area contributed by atoms with Gasteiger partial charge in [-0.25, -0.2) is 0 Å². The molecule has 66 valence electrons. The molecule has 1 aromatic carbocycles. The topological polar surface area (TPSA) is 20.2 Å². The molecule has 0 heterocycles. The summed E-state index contributed by atoms with van der Waals surface area (Å²) in [6.45, 7) is 6.41. The van der Waals surface area contributed by atoms with E-state index in [2.05, 4.69) is 32.9 Å². The van der Waals surface area contributed by atoms with Gasteiger partial charge >= 0.3 is 0 Å². The molecule has 1 rings (SSSR count). The van der Waals surface area contributed by atoms with Gasteiger partial charge < -0.3 is 5.11 Å².